The number of nitrogens with zero attached hydrogens (tertiary/aromatic N) is 1. The van der Waals surface area contributed by atoms with Crippen LogP contribution in [-0.4, -0.2) is 5.16 Å². The topological polar surface area (TPSA) is 52.0 Å². The Kier molecular flexibility index (Phi) is 2.48. The van der Waals surface area contributed by atoms with Crippen molar-refractivity contribution in [3.05, 3.63) is 34.2 Å². The van der Waals surface area contributed by atoms with Gasteiger partial charge < -0.3 is 10.3 Å². The number of benzene rings is 1. The number of rotatable bonds is 1. The molecule has 0 atom stereocenters. The van der Waals surface area contributed by atoms with Crippen molar-refractivity contribution in [3.63, 3.8) is 0 Å². The third-order valence-electron chi connectivity index (χ3n) is 2.12. The lowest BCUT2D eigenvalue weighted by Gasteiger charge is -2.03. The standard InChI is InChI=1S/C10H8BrFN2O/c1-5-2-6(3-8(11)9(5)12)7-4-14-15-10(7)13/h2-4H,13H2,1H3. The van der Waals surface area contributed by atoms with Crippen molar-refractivity contribution in [2.24, 2.45) is 0 Å². The van der Waals surface area contributed by atoms with Crippen LogP contribution in [0.5, 0.6) is 0 Å². The number of halogens is 2. The molecule has 0 bridgehead atoms. The van der Waals surface area contributed by atoms with E-state index in [0.29, 0.717) is 15.6 Å². The maximum Gasteiger partial charge on any atom is 0.229 e. The first-order valence-electron chi connectivity index (χ1n) is 4.25. The lowest BCUT2D eigenvalue weighted by atomic mass is 10.1. The van der Waals surface area contributed by atoms with E-state index in [9.17, 15) is 4.39 Å². The van der Waals surface area contributed by atoms with Crippen LogP contribution in [0.2, 0.25) is 0 Å². The fraction of sp³-hybridized carbons (Fsp3) is 0.100. The molecule has 0 amide bonds. The number of hydrogen-bond acceptors (Lipinski definition) is 3. The lowest BCUT2D eigenvalue weighted by molar-refractivity contribution is 0.436. The minimum atomic E-state index is -0.270. The van der Waals surface area contributed by atoms with Gasteiger partial charge in [0.15, 0.2) is 0 Å². The molecule has 3 nitrogen and oxygen atoms in total. The van der Waals surface area contributed by atoms with Gasteiger partial charge in [0, 0.05) is 0 Å². The zero-order chi connectivity index (χ0) is 11.0. The van der Waals surface area contributed by atoms with E-state index in [1.54, 1.807) is 19.1 Å². The molecule has 0 unspecified atom stereocenters. The van der Waals surface area contributed by atoms with E-state index in [4.69, 9.17) is 10.3 Å². The normalized spacial score (nSPS) is 10.6. The SMILES string of the molecule is Cc1cc(-c2cnoc2N)cc(Br)c1F. The Labute approximate surface area is 94.2 Å². The Bertz CT molecular complexity index is 487. The first kappa shape index (κ1) is 10.2. The average Bonchev–Trinajstić information content (AvgIpc) is 2.60. The molecule has 0 saturated heterocycles. The maximum absolute atomic E-state index is 13.3. The smallest absolute Gasteiger partial charge is 0.229 e. The Hall–Kier alpha value is -1.36. The number of aromatic nitrogens is 1. The minimum Gasteiger partial charge on any atom is -0.367 e. The number of anilines is 1. The quantitative estimate of drug-likeness (QED) is 0.866. The highest BCUT2D eigenvalue weighted by molar-refractivity contribution is 9.10. The molecule has 0 saturated carbocycles. The molecule has 2 rings (SSSR count). The van der Waals surface area contributed by atoms with Crippen LogP contribution >= 0.6 is 15.9 Å². The summed E-state index contributed by atoms with van der Waals surface area (Å²) in [6.45, 7) is 1.69. The fourth-order valence-electron chi connectivity index (χ4n) is 1.35. The Balaban J connectivity index is 2.60. The summed E-state index contributed by atoms with van der Waals surface area (Å²) < 4.78 is 18.5. The van der Waals surface area contributed by atoms with Gasteiger partial charge in [-0.25, -0.2) is 4.39 Å². The third kappa shape index (κ3) is 1.74. The molecule has 0 aliphatic heterocycles. The Morgan fingerprint density at radius 3 is 2.73 bits per heavy atom. The Morgan fingerprint density at radius 2 is 2.20 bits per heavy atom. The van der Waals surface area contributed by atoms with Gasteiger partial charge in [-0.1, -0.05) is 5.16 Å². The number of nitrogen functional groups attached to an aromatic ring is 1. The number of hydrogen-bond donors (Lipinski definition) is 1. The van der Waals surface area contributed by atoms with Gasteiger partial charge in [0.1, 0.15) is 5.82 Å². The van der Waals surface area contributed by atoms with Crippen molar-refractivity contribution in [2.45, 2.75) is 6.92 Å². The summed E-state index contributed by atoms with van der Waals surface area (Å²) in [5.41, 5.74) is 7.56. The molecular weight excluding hydrogens is 263 g/mol. The summed E-state index contributed by atoms with van der Waals surface area (Å²) in [6, 6.07) is 3.34. The molecule has 5 heteroatoms. The second-order valence-corrected chi connectivity index (χ2v) is 4.05. The van der Waals surface area contributed by atoms with Crippen molar-refractivity contribution in [1.82, 2.24) is 5.16 Å². The van der Waals surface area contributed by atoms with Crippen molar-refractivity contribution < 1.29 is 8.91 Å². The van der Waals surface area contributed by atoms with E-state index in [2.05, 4.69) is 21.1 Å². The van der Waals surface area contributed by atoms with Crippen LogP contribution < -0.4 is 5.73 Å². The zero-order valence-electron chi connectivity index (χ0n) is 7.92. The van der Waals surface area contributed by atoms with Crippen LogP contribution in [0.1, 0.15) is 5.56 Å². The molecule has 0 radical (unpaired) electrons. The monoisotopic (exact) mass is 270 g/mol. The minimum absolute atomic E-state index is 0.230. The summed E-state index contributed by atoms with van der Waals surface area (Å²) in [6.07, 6.45) is 1.51. The molecule has 1 aromatic carbocycles. The highest BCUT2D eigenvalue weighted by Gasteiger charge is 2.11. The molecule has 15 heavy (non-hydrogen) atoms. The van der Waals surface area contributed by atoms with E-state index in [-0.39, 0.29) is 11.7 Å². The lowest BCUT2D eigenvalue weighted by Crippen LogP contribution is -1.89. The summed E-state index contributed by atoms with van der Waals surface area (Å²) in [7, 11) is 0. The van der Waals surface area contributed by atoms with Gasteiger partial charge >= 0.3 is 0 Å². The molecule has 2 aromatic rings. The molecule has 1 heterocycles. The molecular formula is C10H8BrFN2O. The van der Waals surface area contributed by atoms with Gasteiger partial charge in [0.05, 0.1) is 16.2 Å². The van der Waals surface area contributed by atoms with Gasteiger partial charge in [-0.2, -0.15) is 0 Å². The van der Waals surface area contributed by atoms with Crippen LogP contribution in [-0.2, 0) is 0 Å². The van der Waals surface area contributed by atoms with Crippen LogP contribution in [0.4, 0.5) is 10.3 Å². The molecule has 1 aromatic heterocycles. The van der Waals surface area contributed by atoms with Crippen LogP contribution in [0.15, 0.2) is 27.3 Å². The summed E-state index contributed by atoms with van der Waals surface area (Å²) >= 11 is 3.14. The molecule has 0 fully saturated rings. The van der Waals surface area contributed by atoms with Gasteiger partial charge in [-0.15, -0.1) is 0 Å². The molecule has 0 aliphatic carbocycles. The first-order valence-corrected chi connectivity index (χ1v) is 5.05. The molecule has 0 spiro atoms. The maximum atomic E-state index is 13.3. The van der Waals surface area contributed by atoms with E-state index < -0.39 is 0 Å². The van der Waals surface area contributed by atoms with Crippen molar-refractivity contribution in [3.8, 4) is 11.1 Å². The van der Waals surface area contributed by atoms with Crippen molar-refractivity contribution >= 4 is 21.8 Å². The first-order chi connectivity index (χ1) is 7.09. The number of aryl methyl sites for hydroxylation is 1. The van der Waals surface area contributed by atoms with Crippen molar-refractivity contribution in [1.29, 1.82) is 0 Å². The van der Waals surface area contributed by atoms with Crippen LogP contribution in [0.3, 0.4) is 0 Å². The highest BCUT2D eigenvalue weighted by atomic mass is 79.9. The predicted molar refractivity (Wildman–Crippen MR) is 58.7 cm³/mol. The number of nitrogens with two attached hydrogens (primary N) is 1. The van der Waals surface area contributed by atoms with E-state index in [1.807, 2.05) is 0 Å². The summed E-state index contributed by atoms with van der Waals surface area (Å²) in [5.74, 6) is -0.0401. The van der Waals surface area contributed by atoms with Gasteiger partial charge in [-0.05, 0) is 46.1 Å². The van der Waals surface area contributed by atoms with E-state index in [0.717, 1.165) is 5.56 Å². The second kappa shape index (κ2) is 3.66. The summed E-state index contributed by atoms with van der Waals surface area (Å²) in [5, 5.41) is 3.57. The average molecular weight is 271 g/mol. The third-order valence-corrected chi connectivity index (χ3v) is 2.70. The fourth-order valence-corrected chi connectivity index (χ4v) is 1.91. The molecule has 0 aliphatic rings. The van der Waals surface area contributed by atoms with Crippen LogP contribution in [0, 0.1) is 12.7 Å². The van der Waals surface area contributed by atoms with E-state index >= 15 is 0 Å². The Morgan fingerprint density at radius 1 is 1.47 bits per heavy atom. The largest absolute Gasteiger partial charge is 0.367 e. The van der Waals surface area contributed by atoms with E-state index in [1.165, 1.54) is 6.20 Å². The zero-order valence-corrected chi connectivity index (χ0v) is 9.51. The summed E-state index contributed by atoms with van der Waals surface area (Å²) in [4.78, 5) is 0. The van der Waals surface area contributed by atoms with Gasteiger partial charge in [-0.3, -0.25) is 0 Å². The second-order valence-electron chi connectivity index (χ2n) is 3.19. The van der Waals surface area contributed by atoms with Crippen LogP contribution in [0.25, 0.3) is 11.1 Å². The van der Waals surface area contributed by atoms with Gasteiger partial charge in [0.25, 0.3) is 0 Å². The van der Waals surface area contributed by atoms with Crippen molar-refractivity contribution in [2.75, 3.05) is 5.73 Å². The molecule has 2 N–H and O–H groups in total. The van der Waals surface area contributed by atoms with Gasteiger partial charge in [0.2, 0.25) is 5.88 Å². The highest BCUT2D eigenvalue weighted by Crippen LogP contribution is 2.30. The predicted octanol–water partition coefficient (Wildman–Crippen LogP) is 3.13. The molecule has 78 valence electrons.